The molecule has 0 aliphatic carbocycles. The normalized spacial score (nSPS) is 9.33. The molecule has 2 aromatic rings. The molecule has 76 valence electrons. The zero-order valence-corrected chi connectivity index (χ0v) is 10.2. The number of fused-ring (bicyclic) bond motifs is 1. The van der Waals surface area contributed by atoms with Crippen molar-refractivity contribution in [1.82, 2.24) is 0 Å². The van der Waals surface area contributed by atoms with Gasteiger partial charge >= 0.3 is 0 Å². The molecule has 0 atom stereocenters. The quantitative estimate of drug-likeness (QED) is 0.462. The highest BCUT2D eigenvalue weighted by Crippen LogP contribution is 2.09. The van der Waals surface area contributed by atoms with E-state index in [4.69, 9.17) is 6.42 Å². The smallest absolute Gasteiger partial charge is 0.213 e. The lowest BCUT2D eigenvalue weighted by atomic mass is 10.2. The minimum absolute atomic E-state index is 0. The van der Waals surface area contributed by atoms with Crippen LogP contribution >= 0.6 is 0 Å². The molecule has 0 unspecified atom stereocenters. The van der Waals surface area contributed by atoms with Crippen LogP contribution in [0.5, 0.6) is 0 Å². The summed E-state index contributed by atoms with van der Waals surface area (Å²) in [6.45, 7) is 2.71. The second-order valence-electron chi connectivity index (χ2n) is 3.32. The maximum atomic E-state index is 5.35. The third-order valence-corrected chi connectivity index (χ3v) is 2.41. The molecule has 0 aliphatic heterocycles. The fourth-order valence-electron chi connectivity index (χ4n) is 1.67. The first kappa shape index (κ1) is 11.7. The zero-order valence-electron chi connectivity index (χ0n) is 8.57. The molecule has 0 radical (unpaired) electrons. The SMILES string of the molecule is C#CC[n+]1c(C)ccc2ccccc21.[Br-]. The Hall–Kier alpha value is -1.33. The van der Waals surface area contributed by atoms with E-state index in [0.29, 0.717) is 6.54 Å². The molecule has 0 N–H and O–H groups in total. The highest BCUT2D eigenvalue weighted by Gasteiger charge is 2.09. The minimum Gasteiger partial charge on any atom is -1.00 e. The Balaban J connectivity index is 0.00000112. The van der Waals surface area contributed by atoms with Gasteiger partial charge in [-0.25, -0.2) is 0 Å². The van der Waals surface area contributed by atoms with Gasteiger partial charge in [0.15, 0.2) is 5.69 Å². The molecule has 15 heavy (non-hydrogen) atoms. The van der Waals surface area contributed by atoms with Crippen LogP contribution in [0.25, 0.3) is 10.9 Å². The van der Waals surface area contributed by atoms with Gasteiger partial charge in [-0.2, -0.15) is 4.57 Å². The van der Waals surface area contributed by atoms with Crippen molar-refractivity contribution < 1.29 is 21.5 Å². The van der Waals surface area contributed by atoms with Crippen molar-refractivity contribution in [2.24, 2.45) is 0 Å². The summed E-state index contributed by atoms with van der Waals surface area (Å²) >= 11 is 0. The van der Waals surface area contributed by atoms with Gasteiger partial charge in [0.25, 0.3) is 0 Å². The average Bonchev–Trinajstić information content (AvgIpc) is 2.23. The van der Waals surface area contributed by atoms with Crippen LogP contribution < -0.4 is 21.5 Å². The van der Waals surface area contributed by atoms with E-state index in [-0.39, 0.29) is 17.0 Å². The number of benzene rings is 1. The molecule has 1 heterocycles. The van der Waals surface area contributed by atoms with E-state index in [1.54, 1.807) is 0 Å². The number of nitrogens with zero attached hydrogens (tertiary/aromatic N) is 1. The summed E-state index contributed by atoms with van der Waals surface area (Å²) in [5.74, 6) is 2.68. The molecule has 1 aromatic carbocycles. The summed E-state index contributed by atoms with van der Waals surface area (Å²) in [5, 5.41) is 1.23. The average molecular weight is 262 g/mol. The Labute approximate surface area is 101 Å². The van der Waals surface area contributed by atoms with E-state index in [2.05, 4.69) is 41.7 Å². The van der Waals surface area contributed by atoms with Gasteiger partial charge in [0.2, 0.25) is 12.1 Å². The van der Waals surface area contributed by atoms with Gasteiger partial charge < -0.3 is 17.0 Å². The molecule has 0 amide bonds. The Kier molecular flexibility index (Phi) is 3.88. The lowest BCUT2D eigenvalue weighted by Gasteiger charge is -2.00. The van der Waals surface area contributed by atoms with Gasteiger partial charge in [0, 0.05) is 24.4 Å². The Morgan fingerprint density at radius 2 is 1.93 bits per heavy atom. The maximum Gasteiger partial charge on any atom is 0.213 e. The minimum atomic E-state index is 0. The molecule has 0 spiro atoms. The summed E-state index contributed by atoms with van der Waals surface area (Å²) in [5.41, 5.74) is 2.40. The van der Waals surface area contributed by atoms with Gasteiger partial charge in [0.05, 0.1) is 0 Å². The lowest BCUT2D eigenvalue weighted by Crippen LogP contribution is -3.00. The van der Waals surface area contributed by atoms with Crippen molar-refractivity contribution in [2.75, 3.05) is 0 Å². The molecule has 1 aromatic heterocycles. The van der Waals surface area contributed by atoms with Crippen molar-refractivity contribution in [3.05, 3.63) is 42.1 Å². The lowest BCUT2D eigenvalue weighted by molar-refractivity contribution is -0.664. The van der Waals surface area contributed by atoms with E-state index >= 15 is 0 Å². The van der Waals surface area contributed by atoms with Crippen molar-refractivity contribution in [3.63, 3.8) is 0 Å². The van der Waals surface area contributed by atoms with E-state index in [1.807, 2.05) is 12.1 Å². The van der Waals surface area contributed by atoms with Gasteiger partial charge in [0.1, 0.15) is 0 Å². The summed E-state index contributed by atoms with van der Waals surface area (Å²) in [7, 11) is 0. The second kappa shape index (κ2) is 4.95. The maximum absolute atomic E-state index is 5.35. The predicted octanol–water partition coefficient (Wildman–Crippen LogP) is -0.927. The zero-order chi connectivity index (χ0) is 9.97. The molecule has 0 bridgehead atoms. The number of aryl methyl sites for hydroxylation is 1. The molecule has 1 nitrogen and oxygen atoms in total. The second-order valence-corrected chi connectivity index (χ2v) is 3.32. The van der Waals surface area contributed by atoms with Crippen molar-refractivity contribution in [1.29, 1.82) is 0 Å². The number of terminal acetylenes is 1. The molecule has 0 saturated heterocycles. The largest absolute Gasteiger partial charge is 1.00 e. The van der Waals surface area contributed by atoms with Crippen LogP contribution in [-0.4, -0.2) is 0 Å². The molecule has 0 fully saturated rings. The van der Waals surface area contributed by atoms with E-state index < -0.39 is 0 Å². The number of rotatable bonds is 1. The third kappa shape index (κ3) is 2.19. The van der Waals surface area contributed by atoms with Crippen LogP contribution in [0.3, 0.4) is 0 Å². The molecule has 2 heteroatoms. The highest BCUT2D eigenvalue weighted by molar-refractivity contribution is 5.75. The van der Waals surface area contributed by atoms with Crippen LogP contribution in [0.2, 0.25) is 0 Å². The van der Waals surface area contributed by atoms with Crippen LogP contribution in [-0.2, 0) is 6.54 Å². The Bertz CT molecular complexity index is 511. The number of aromatic nitrogens is 1. The van der Waals surface area contributed by atoms with Crippen LogP contribution in [0, 0.1) is 19.3 Å². The summed E-state index contributed by atoms with van der Waals surface area (Å²) in [4.78, 5) is 0. The van der Waals surface area contributed by atoms with Crippen LogP contribution in [0.4, 0.5) is 0 Å². The Morgan fingerprint density at radius 1 is 1.20 bits per heavy atom. The van der Waals surface area contributed by atoms with Gasteiger partial charge in [-0.1, -0.05) is 12.1 Å². The molecular weight excluding hydrogens is 250 g/mol. The van der Waals surface area contributed by atoms with Gasteiger partial charge in [-0.15, -0.1) is 6.42 Å². The Morgan fingerprint density at radius 3 is 2.67 bits per heavy atom. The fourth-order valence-corrected chi connectivity index (χ4v) is 1.67. The summed E-state index contributed by atoms with van der Waals surface area (Å²) < 4.78 is 2.15. The highest BCUT2D eigenvalue weighted by atomic mass is 79.9. The fraction of sp³-hybridized carbons (Fsp3) is 0.154. The van der Waals surface area contributed by atoms with Crippen molar-refractivity contribution in [3.8, 4) is 12.3 Å². The van der Waals surface area contributed by atoms with E-state index in [0.717, 1.165) is 0 Å². The van der Waals surface area contributed by atoms with Gasteiger partial charge in [-0.3, -0.25) is 0 Å². The standard InChI is InChI=1S/C13H12N.BrH/c1-3-10-14-11(2)8-9-12-6-4-5-7-13(12)14;/h1,4-9H,10H2,2H3;1H/q+1;/p-1. The van der Waals surface area contributed by atoms with Crippen LogP contribution in [0.1, 0.15) is 5.69 Å². The topological polar surface area (TPSA) is 3.88 Å². The van der Waals surface area contributed by atoms with Gasteiger partial charge in [-0.05, 0) is 18.1 Å². The number of hydrogen-bond acceptors (Lipinski definition) is 0. The third-order valence-electron chi connectivity index (χ3n) is 2.41. The predicted molar refractivity (Wildman–Crippen MR) is 57.7 cm³/mol. The molecule has 0 aliphatic rings. The van der Waals surface area contributed by atoms with E-state index in [9.17, 15) is 0 Å². The van der Waals surface area contributed by atoms with E-state index in [1.165, 1.54) is 16.6 Å². The molecule has 2 rings (SSSR count). The first-order chi connectivity index (χ1) is 6.83. The summed E-state index contributed by atoms with van der Waals surface area (Å²) in [6, 6.07) is 12.5. The number of halogens is 1. The monoisotopic (exact) mass is 261 g/mol. The van der Waals surface area contributed by atoms with Crippen molar-refractivity contribution >= 4 is 10.9 Å². The van der Waals surface area contributed by atoms with Crippen LogP contribution in [0.15, 0.2) is 36.4 Å². The summed E-state index contributed by atoms with van der Waals surface area (Å²) in [6.07, 6.45) is 5.35. The first-order valence-electron chi connectivity index (χ1n) is 4.64. The molecule has 0 saturated carbocycles. The number of para-hydroxylation sites is 1. The first-order valence-corrected chi connectivity index (χ1v) is 4.64. The molecular formula is C13H12BrN. The number of hydrogen-bond donors (Lipinski definition) is 0. The van der Waals surface area contributed by atoms with Crippen molar-refractivity contribution in [2.45, 2.75) is 13.5 Å². The number of pyridine rings is 1.